The van der Waals surface area contributed by atoms with Crippen LogP contribution in [0.1, 0.15) is 49.4 Å². The third kappa shape index (κ3) is 5.53. The molecule has 0 aliphatic rings. The van der Waals surface area contributed by atoms with Gasteiger partial charge in [0.1, 0.15) is 11.8 Å². The van der Waals surface area contributed by atoms with Crippen LogP contribution in [-0.4, -0.2) is 33.7 Å². The minimum absolute atomic E-state index is 0.192. The first-order valence-corrected chi connectivity index (χ1v) is 12.0. The zero-order chi connectivity index (χ0) is 22.5. The average Bonchev–Trinajstić information content (AvgIpc) is 2.71. The van der Waals surface area contributed by atoms with Crippen LogP contribution >= 0.6 is 0 Å². The number of sulfonamides is 1. The van der Waals surface area contributed by atoms with E-state index in [4.69, 9.17) is 4.74 Å². The van der Waals surface area contributed by atoms with Crippen LogP contribution in [0.2, 0.25) is 0 Å². The Morgan fingerprint density at radius 1 is 1.03 bits per heavy atom. The zero-order valence-electron chi connectivity index (χ0n) is 18.6. The predicted molar refractivity (Wildman–Crippen MR) is 121 cm³/mol. The van der Waals surface area contributed by atoms with Gasteiger partial charge >= 0.3 is 0 Å². The van der Waals surface area contributed by atoms with Crippen LogP contribution in [0.4, 0.5) is 5.69 Å². The van der Waals surface area contributed by atoms with E-state index in [-0.39, 0.29) is 11.9 Å². The van der Waals surface area contributed by atoms with Crippen molar-refractivity contribution < 1.29 is 17.9 Å². The van der Waals surface area contributed by atoms with Gasteiger partial charge < -0.3 is 10.1 Å². The second-order valence-corrected chi connectivity index (χ2v) is 9.35. The molecule has 0 heterocycles. The summed E-state index contributed by atoms with van der Waals surface area (Å²) in [5, 5.41) is 3.06. The molecule has 0 unspecified atom stereocenters. The lowest BCUT2D eigenvalue weighted by atomic mass is 9.99. The number of anilines is 1. The van der Waals surface area contributed by atoms with Gasteiger partial charge in [0.25, 0.3) is 0 Å². The van der Waals surface area contributed by atoms with Gasteiger partial charge in [0, 0.05) is 0 Å². The van der Waals surface area contributed by atoms with E-state index in [0.717, 1.165) is 17.4 Å². The standard InChI is InChI=1S/C23H32N2O4S/c1-7-21(18-10-9-16(3)17(4)15-18)24-23(26)22(8-2)25(30(6,27)28)19-11-13-20(29-5)14-12-19/h9-15,21-22H,7-8H2,1-6H3,(H,24,26)/t21-,22-/m1/s1. The summed E-state index contributed by atoms with van der Waals surface area (Å²) in [6, 6.07) is 11.7. The molecule has 2 aromatic rings. The number of carbonyl (C=O) groups is 1. The summed E-state index contributed by atoms with van der Waals surface area (Å²) in [4.78, 5) is 13.2. The Morgan fingerprint density at radius 3 is 2.13 bits per heavy atom. The number of carbonyl (C=O) groups excluding carboxylic acids is 1. The third-order valence-corrected chi connectivity index (χ3v) is 6.49. The Bertz CT molecular complexity index is 971. The van der Waals surface area contributed by atoms with Crippen molar-refractivity contribution in [3.8, 4) is 5.75 Å². The van der Waals surface area contributed by atoms with Gasteiger partial charge in [0.05, 0.1) is 25.1 Å². The molecule has 2 rings (SSSR count). The number of hydrogen-bond acceptors (Lipinski definition) is 4. The molecule has 0 bridgehead atoms. The molecule has 0 aliphatic heterocycles. The molecule has 0 aliphatic carbocycles. The minimum Gasteiger partial charge on any atom is -0.497 e. The van der Waals surface area contributed by atoms with E-state index in [1.165, 1.54) is 9.87 Å². The van der Waals surface area contributed by atoms with Gasteiger partial charge in [-0.1, -0.05) is 32.0 Å². The van der Waals surface area contributed by atoms with Crippen LogP contribution in [0.25, 0.3) is 0 Å². The van der Waals surface area contributed by atoms with Crippen molar-refractivity contribution in [1.29, 1.82) is 0 Å². The molecule has 0 saturated carbocycles. The van der Waals surface area contributed by atoms with Gasteiger partial charge in [-0.15, -0.1) is 0 Å². The molecule has 2 atom stereocenters. The lowest BCUT2D eigenvalue weighted by Gasteiger charge is -2.31. The number of benzene rings is 2. The number of methoxy groups -OCH3 is 1. The zero-order valence-corrected chi connectivity index (χ0v) is 19.4. The molecule has 1 N–H and O–H groups in total. The Kier molecular flexibility index (Phi) is 7.89. The maximum Gasteiger partial charge on any atom is 0.244 e. The number of hydrogen-bond donors (Lipinski definition) is 1. The van der Waals surface area contributed by atoms with E-state index < -0.39 is 16.1 Å². The smallest absolute Gasteiger partial charge is 0.244 e. The second kappa shape index (κ2) is 9.98. The highest BCUT2D eigenvalue weighted by Gasteiger charge is 2.32. The summed E-state index contributed by atoms with van der Waals surface area (Å²) in [7, 11) is -2.14. The highest BCUT2D eigenvalue weighted by atomic mass is 32.2. The van der Waals surface area contributed by atoms with Crippen LogP contribution in [0.3, 0.4) is 0 Å². The summed E-state index contributed by atoms with van der Waals surface area (Å²) < 4.78 is 31.6. The number of aryl methyl sites for hydroxylation is 2. The van der Waals surface area contributed by atoms with Gasteiger partial charge in [0.2, 0.25) is 15.9 Å². The average molecular weight is 433 g/mol. The van der Waals surface area contributed by atoms with E-state index in [1.807, 2.05) is 39.8 Å². The van der Waals surface area contributed by atoms with Crippen LogP contribution < -0.4 is 14.4 Å². The number of amides is 1. The predicted octanol–water partition coefficient (Wildman–Crippen LogP) is 4.12. The van der Waals surface area contributed by atoms with Crippen molar-refractivity contribution in [3.05, 3.63) is 59.2 Å². The molecule has 0 radical (unpaired) electrons. The molecule has 0 spiro atoms. The fourth-order valence-corrected chi connectivity index (χ4v) is 4.67. The molecule has 0 saturated heterocycles. The fourth-order valence-electron chi connectivity index (χ4n) is 3.46. The van der Waals surface area contributed by atoms with Crippen molar-refractivity contribution in [2.75, 3.05) is 17.7 Å². The molecule has 6 nitrogen and oxygen atoms in total. The van der Waals surface area contributed by atoms with Crippen LogP contribution in [0.15, 0.2) is 42.5 Å². The normalized spacial score (nSPS) is 13.4. The summed E-state index contributed by atoms with van der Waals surface area (Å²) in [6.07, 6.45) is 2.16. The maximum absolute atomic E-state index is 13.2. The Morgan fingerprint density at radius 2 is 1.67 bits per heavy atom. The van der Waals surface area contributed by atoms with Crippen molar-refractivity contribution >= 4 is 21.6 Å². The largest absolute Gasteiger partial charge is 0.497 e. The molecular formula is C23H32N2O4S. The first kappa shape index (κ1) is 23.7. The van der Waals surface area contributed by atoms with Crippen LogP contribution in [-0.2, 0) is 14.8 Å². The van der Waals surface area contributed by atoms with Crippen molar-refractivity contribution in [3.63, 3.8) is 0 Å². The van der Waals surface area contributed by atoms with Gasteiger partial charge in [-0.3, -0.25) is 9.10 Å². The topological polar surface area (TPSA) is 75.7 Å². The van der Waals surface area contributed by atoms with Crippen molar-refractivity contribution in [1.82, 2.24) is 5.32 Å². The molecule has 30 heavy (non-hydrogen) atoms. The molecule has 0 fully saturated rings. The van der Waals surface area contributed by atoms with E-state index in [2.05, 4.69) is 11.4 Å². The quantitative estimate of drug-likeness (QED) is 0.647. The third-order valence-electron chi connectivity index (χ3n) is 5.31. The molecule has 1 amide bonds. The van der Waals surface area contributed by atoms with Gasteiger partial charge in [-0.05, 0) is 67.6 Å². The van der Waals surface area contributed by atoms with Gasteiger partial charge in [-0.25, -0.2) is 8.42 Å². The van der Waals surface area contributed by atoms with E-state index in [9.17, 15) is 13.2 Å². The van der Waals surface area contributed by atoms with Crippen molar-refractivity contribution in [2.45, 2.75) is 52.6 Å². The molecule has 7 heteroatoms. The second-order valence-electron chi connectivity index (χ2n) is 7.49. The summed E-state index contributed by atoms with van der Waals surface area (Å²) in [5.41, 5.74) is 3.79. The summed E-state index contributed by atoms with van der Waals surface area (Å²) in [6.45, 7) is 7.89. The molecular weight excluding hydrogens is 400 g/mol. The lowest BCUT2D eigenvalue weighted by Crippen LogP contribution is -2.50. The Labute approximate surface area is 180 Å². The van der Waals surface area contributed by atoms with Gasteiger partial charge in [-0.2, -0.15) is 0 Å². The van der Waals surface area contributed by atoms with Crippen LogP contribution in [0, 0.1) is 13.8 Å². The van der Waals surface area contributed by atoms with E-state index >= 15 is 0 Å². The Hall–Kier alpha value is -2.54. The van der Waals surface area contributed by atoms with Gasteiger partial charge in [0.15, 0.2) is 0 Å². The lowest BCUT2D eigenvalue weighted by molar-refractivity contribution is -0.123. The van der Waals surface area contributed by atoms with E-state index in [0.29, 0.717) is 24.3 Å². The fraction of sp³-hybridized carbons (Fsp3) is 0.435. The highest BCUT2D eigenvalue weighted by molar-refractivity contribution is 7.92. The number of nitrogens with one attached hydrogen (secondary N) is 1. The molecule has 164 valence electrons. The minimum atomic E-state index is -3.68. The monoisotopic (exact) mass is 432 g/mol. The van der Waals surface area contributed by atoms with E-state index in [1.54, 1.807) is 31.4 Å². The highest BCUT2D eigenvalue weighted by Crippen LogP contribution is 2.26. The maximum atomic E-state index is 13.2. The molecule has 2 aromatic carbocycles. The summed E-state index contributed by atoms with van der Waals surface area (Å²) >= 11 is 0. The molecule has 0 aromatic heterocycles. The van der Waals surface area contributed by atoms with Crippen LogP contribution in [0.5, 0.6) is 5.75 Å². The first-order valence-electron chi connectivity index (χ1n) is 10.1. The van der Waals surface area contributed by atoms with Crippen molar-refractivity contribution in [2.24, 2.45) is 0 Å². The number of nitrogens with zero attached hydrogens (tertiary/aromatic N) is 1. The number of ether oxygens (including phenoxy) is 1. The SMILES string of the molecule is CC[C@H](C(=O)N[C@H](CC)c1ccc(C)c(C)c1)N(c1ccc(OC)cc1)S(C)(=O)=O. The first-order chi connectivity index (χ1) is 14.1. The summed E-state index contributed by atoms with van der Waals surface area (Å²) in [5.74, 6) is 0.300. The number of rotatable bonds is 9. The Balaban J connectivity index is 2.35.